The largest absolute Gasteiger partial charge is 0.373 e. The minimum absolute atomic E-state index is 0.581. The lowest BCUT2D eigenvalue weighted by molar-refractivity contribution is 0.876. The summed E-state index contributed by atoms with van der Waals surface area (Å²) in [6.45, 7) is 2.12. The summed E-state index contributed by atoms with van der Waals surface area (Å²) >= 11 is 12.0. The molecule has 0 aliphatic heterocycles. The quantitative estimate of drug-likeness (QED) is 0.906. The summed E-state index contributed by atoms with van der Waals surface area (Å²) in [7, 11) is 1.84. The Hall–Kier alpha value is -1.32. The smallest absolute Gasteiger partial charge is 0.161 e. The van der Waals surface area contributed by atoms with E-state index in [4.69, 9.17) is 23.2 Å². The zero-order chi connectivity index (χ0) is 13.8. The SMILES string of the molecule is CCCc1cc(NC)nc(-c2cc(Cl)cc(Cl)c2)n1. The van der Waals surface area contributed by atoms with E-state index in [1.165, 1.54) is 0 Å². The number of nitrogens with zero attached hydrogens (tertiary/aromatic N) is 2. The molecule has 1 heterocycles. The van der Waals surface area contributed by atoms with Crippen molar-refractivity contribution in [2.45, 2.75) is 19.8 Å². The summed E-state index contributed by atoms with van der Waals surface area (Å²) < 4.78 is 0. The summed E-state index contributed by atoms with van der Waals surface area (Å²) in [5, 5.41) is 4.21. The number of nitrogens with one attached hydrogen (secondary N) is 1. The van der Waals surface area contributed by atoms with Gasteiger partial charge in [0.05, 0.1) is 0 Å². The number of hydrogen-bond acceptors (Lipinski definition) is 3. The van der Waals surface area contributed by atoms with Crippen molar-refractivity contribution in [1.82, 2.24) is 9.97 Å². The summed E-state index contributed by atoms with van der Waals surface area (Å²) in [4.78, 5) is 9.00. The minimum Gasteiger partial charge on any atom is -0.373 e. The van der Waals surface area contributed by atoms with Gasteiger partial charge in [0.25, 0.3) is 0 Å². The molecule has 0 spiro atoms. The third-order valence-corrected chi connectivity index (χ3v) is 3.10. The Balaban J connectivity index is 2.50. The molecule has 19 heavy (non-hydrogen) atoms. The average molecular weight is 296 g/mol. The van der Waals surface area contributed by atoms with Gasteiger partial charge in [-0.25, -0.2) is 9.97 Å². The average Bonchev–Trinajstić information content (AvgIpc) is 2.37. The lowest BCUT2D eigenvalue weighted by Crippen LogP contribution is -2.01. The Morgan fingerprint density at radius 3 is 2.32 bits per heavy atom. The second kappa shape index (κ2) is 6.22. The molecule has 2 rings (SSSR count). The van der Waals surface area contributed by atoms with Gasteiger partial charge in [-0.2, -0.15) is 0 Å². The Kier molecular flexibility index (Phi) is 4.61. The van der Waals surface area contributed by atoms with E-state index in [0.717, 1.165) is 29.9 Å². The molecule has 0 unspecified atom stereocenters. The van der Waals surface area contributed by atoms with Crippen LogP contribution in [0.1, 0.15) is 19.0 Å². The molecule has 0 fully saturated rings. The highest BCUT2D eigenvalue weighted by molar-refractivity contribution is 6.35. The highest BCUT2D eigenvalue weighted by Gasteiger charge is 2.08. The summed E-state index contributed by atoms with van der Waals surface area (Å²) in [5.41, 5.74) is 1.83. The van der Waals surface area contributed by atoms with E-state index in [1.807, 2.05) is 25.2 Å². The number of benzene rings is 1. The zero-order valence-corrected chi connectivity index (χ0v) is 12.4. The van der Waals surface area contributed by atoms with Crippen LogP contribution in [0, 0.1) is 0 Å². The summed E-state index contributed by atoms with van der Waals surface area (Å²) in [6, 6.07) is 7.29. The molecular formula is C14H15Cl2N3. The van der Waals surface area contributed by atoms with Crippen LogP contribution in [-0.2, 0) is 6.42 Å². The Morgan fingerprint density at radius 1 is 1.05 bits per heavy atom. The van der Waals surface area contributed by atoms with Gasteiger partial charge in [-0.05, 0) is 24.6 Å². The summed E-state index contributed by atoms with van der Waals surface area (Å²) in [6.07, 6.45) is 1.95. The predicted molar refractivity (Wildman–Crippen MR) is 81.0 cm³/mol. The van der Waals surface area contributed by atoms with E-state index in [9.17, 15) is 0 Å². The fraction of sp³-hybridized carbons (Fsp3) is 0.286. The standard InChI is InChI=1S/C14H15Cl2N3/c1-3-4-12-8-13(17-2)19-14(18-12)9-5-10(15)7-11(16)6-9/h5-8H,3-4H2,1-2H3,(H,17,18,19). The second-order valence-electron chi connectivity index (χ2n) is 4.23. The Bertz CT molecular complexity index is 565. The first-order valence-corrected chi connectivity index (χ1v) is 6.90. The van der Waals surface area contributed by atoms with E-state index in [-0.39, 0.29) is 0 Å². The van der Waals surface area contributed by atoms with E-state index in [2.05, 4.69) is 22.2 Å². The zero-order valence-electron chi connectivity index (χ0n) is 10.9. The second-order valence-corrected chi connectivity index (χ2v) is 5.10. The van der Waals surface area contributed by atoms with Crippen LogP contribution in [0.2, 0.25) is 10.0 Å². The van der Waals surface area contributed by atoms with Crippen molar-refractivity contribution in [3.63, 3.8) is 0 Å². The maximum atomic E-state index is 6.02. The molecule has 1 aromatic heterocycles. The number of aryl methyl sites for hydroxylation is 1. The van der Waals surface area contributed by atoms with Crippen molar-refractivity contribution in [3.8, 4) is 11.4 Å². The molecule has 0 radical (unpaired) electrons. The van der Waals surface area contributed by atoms with E-state index < -0.39 is 0 Å². The molecule has 1 N–H and O–H groups in total. The Morgan fingerprint density at radius 2 is 1.74 bits per heavy atom. The van der Waals surface area contributed by atoms with Gasteiger partial charge < -0.3 is 5.32 Å². The Labute approximate surface area is 123 Å². The molecular weight excluding hydrogens is 281 g/mol. The van der Waals surface area contributed by atoms with E-state index >= 15 is 0 Å². The molecule has 0 aliphatic carbocycles. The number of rotatable bonds is 4. The maximum absolute atomic E-state index is 6.02. The van der Waals surface area contributed by atoms with Crippen molar-refractivity contribution in [1.29, 1.82) is 0 Å². The van der Waals surface area contributed by atoms with Crippen LogP contribution in [0.4, 0.5) is 5.82 Å². The highest BCUT2D eigenvalue weighted by Crippen LogP contribution is 2.26. The van der Waals surface area contributed by atoms with Crippen LogP contribution in [0.5, 0.6) is 0 Å². The molecule has 0 saturated heterocycles. The lowest BCUT2D eigenvalue weighted by Gasteiger charge is -2.08. The van der Waals surface area contributed by atoms with Crippen LogP contribution in [0.3, 0.4) is 0 Å². The number of aromatic nitrogens is 2. The highest BCUT2D eigenvalue weighted by atomic mass is 35.5. The molecule has 0 aliphatic rings. The molecule has 0 amide bonds. The van der Waals surface area contributed by atoms with Gasteiger partial charge in [-0.1, -0.05) is 36.5 Å². The first-order valence-electron chi connectivity index (χ1n) is 6.14. The normalized spacial score (nSPS) is 10.5. The van der Waals surface area contributed by atoms with Gasteiger partial charge in [0.1, 0.15) is 5.82 Å². The van der Waals surface area contributed by atoms with E-state index in [1.54, 1.807) is 6.07 Å². The van der Waals surface area contributed by atoms with Crippen LogP contribution in [0.25, 0.3) is 11.4 Å². The van der Waals surface area contributed by atoms with Gasteiger partial charge in [-0.3, -0.25) is 0 Å². The molecule has 0 bridgehead atoms. The monoisotopic (exact) mass is 295 g/mol. The number of hydrogen-bond donors (Lipinski definition) is 1. The predicted octanol–water partition coefficient (Wildman–Crippen LogP) is 4.44. The fourth-order valence-corrected chi connectivity index (χ4v) is 2.35. The topological polar surface area (TPSA) is 37.8 Å². The van der Waals surface area contributed by atoms with Gasteiger partial charge in [0.2, 0.25) is 0 Å². The molecule has 100 valence electrons. The first-order chi connectivity index (χ1) is 9.12. The minimum atomic E-state index is 0.581. The molecule has 3 nitrogen and oxygen atoms in total. The van der Waals surface area contributed by atoms with Crippen LogP contribution < -0.4 is 5.32 Å². The molecule has 5 heteroatoms. The molecule has 1 aromatic carbocycles. The summed E-state index contributed by atoms with van der Waals surface area (Å²) in [5.74, 6) is 1.43. The fourth-order valence-electron chi connectivity index (χ4n) is 1.82. The third-order valence-electron chi connectivity index (χ3n) is 2.66. The van der Waals surface area contributed by atoms with Crippen molar-refractivity contribution < 1.29 is 0 Å². The van der Waals surface area contributed by atoms with Gasteiger partial charge in [0.15, 0.2) is 5.82 Å². The van der Waals surface area contributed by atoms with Crippen molar-refractivity contribution >= 4 is 29.0 Å². The molecule has 2 aromatic rings. The van der Waals surface area contributed by atoms with Crippen molar-refractivity contribution in [2.24, 2.45) is 0 Å². The third kappa shape index (κ3) is 3.58. The van der Waals surface area contributed by atoms with Crippen LogP contribution in [0.15, 0.2) is 24.3 Å². The van der Waals surface area contributed by atoms with Gasteiger partial charge in [0, 0.05) is 34.4 Å². The maximum Gasteiger partial charge on any atom is 0.161 e. The molecule has 0 saturated carbocycles. The van der Waals surface area contributed by atoms with E-state index in [0.29, 0.717) is 15.9 Å². The molecule has 0 atom stereocenters. The van der Waals surface area contributed by atoms with Gasteiger partial charge in [-0.15, -0.1) is 0 Å². The lowest BCUT2D eigenvalue weighted by atomic mass is 10.2. The van der Waals surface area contributed by atoms with Crippen LogP contribution >= 0.6 is 23.2 Å². The first kappa shape index (κ1) is 14.1. The van der Waals surface area contributed by atoms with Crippen LogP contribution in [-0.4, -0.2) is 17.0 Å². The number of anilines is 1. The van der Waals surface area contributed by atoms with Crippen molar-refractivity contribution in [2.75, 3.05) is 12.4 Å². The number of halogens is 2. The van der Waals surface area contributed by atoms with Crippen molar-refractivity contribution in [3.05, 3.63) is 40.0 Å². The van der Waals surface area contributed by atoms with Gasteiger partial charge >= 0.3 is 0 Å².